The van der Waals surface area contributed by atoms with Crippen molar-refractivity contribution in [3.8, 4) is 0 Å². The number of hydrogen-bond donors (Lipinski definition) is 1. The Morgan fingerprint density at radius 1 is 1.11 bits per heavy atom. The van der Waals surface area contributed by atoms with E-state index in [0.717, 1.165) is 10.0 Å². The van der Waals surface area contributed by atoms with E-state index in [1.54, 1.807) is 0 Å². The fourth-order valence-electron chi connectivity index (χ4n) is 1.42. The summed E-state index contributed by atoms with van der Waals surface area (Å²) >= 11 is 3.28. The first kappa shape index (κ1) is 17.2. The van der Waals surface area contributed by atoms with Gasteiger partial charge in [-0.15, -0.1) is 21.5 Å². The molecule has 2 aromatic rings. The van der Waals surface area contributed by atoms with Crippen molar-refractivity contribution in [1.82, 2.24) is 5.32 Å². The van der Waals surface area contributed by atoms with E-state index in [9.17, 15) is 4.79 Å². The molecule has 0 aliphatic carbocycles. The van der Waals surface area contributed by atoms with Gasteiger partial charge in [0.05, 0.1) is 0 Å². The van der Waals surface area contributed by atoms with Crippen LogP contribution in [-0.4, -0.2) is 5.91 Å². The molecule has 1 amide bonds. The van der Waals surface area contributed by atoms with E-state index in [0.29, 0.717) is 0 Å². The van der Waals surface area contributed by atoms with Crippen molar-refractivity contribution in [2.24, 2.45) is 0 Å². The average molecular weight is 350 g/mol. The van der Waals surface area contributed by atoms with Crippen LogP contribution in [0, 0.1) is 0 Å². The topological polar surface area (TPSA) is 29.1 Å². The van der Waals surface area contributed by atoms with Crippen molar-refractivity contribution >= 4 is 21.8 Å². The predicted molar refractivity (Wildman–Crippen MR) is 74.0 cm³/mol. The summed E-state index contributed by atoms with van der Waals surface area (Å²) in [6.45, 7) is 3.50. The van der Waals surface area contributed by atoms with E-state index in [-0.39, 0.29) is 29.0 Å². The first-order valence-corrected chi connectivity index (χ1v) is 6.25. The minimum Gasteiger partial charge on any atom is -0.361 e. The fraction of sp³-hybridized carbons (Fsp3) is 0.214. The van der Waals surface area contributed by atoms with Crippen LogP contribution in [-0.2, 0) is 21.9 Å². The minimum atomic E-state index is 0. The molecule has 0 aliphatic heterocycles. The maximum absolute atomic E-state index is 10.6. The summed E-state index contributed by atoms with van der Waals surface area (Å²) in [5.41, 5.74) is 1.15. The maximum Gasteiger partial charge on any atom is 2.00 e. The van der Waals surface area contributed by atoms with Crippen LogP contribution in [0.1, 0.15) is 25.5 Å². The summed E-state index contributed by atoms with van der Waals surface area (Å²) in [6, 6.07) is 16.0. The standard InChI is InChI=1S/C9H12NO.C5H4Br.Fe/c1-7(10-8(2)11)9-5-3-4-6-9;6-5-3-1-2-4-5;/h3-7H,1-2H3,(H,10,11);1-4H;/q2*-1;+2. The molecule has 0 aromatic heterocycles. The molecule has 2 rings (SSSR count). The second kappa shape index (κ2) is 9.15. The van der Waals surface area contributed by atoms with Gasteiger partial charge >= 0.3 is 17.1 Å². The van der Waals surface area contributed by atoms with Crippen LogP contribution in [0.4, 0.5) is 0 Å². The molecular formula is C14H16BrFeNO. The van der Waals surface area contributed by atoms with Crippen LogP contribution in [0.3, 0.4) is 0 Å². The number of amides is 1. The summed E-state index contributed by atoms with van der Waals surface area (Å²) in [5.74, 6) is 0.0127. The number of nitrogens with one attached hydrogen (secondary N) is 1. The number of carbonyl (C=O) groups excluding carboxylic acids is 1. The Bertz CT molecular complexity index is 423. The number of carbonyl (C=O) groups is 1. The zero-order valence-corrected chi connectivity index (χ0v) is 13.0. The van der Waals surface area contributed by atoms with Gasteiger partial charge in [-0.2, -0.15) is 24.3 Å². The molecule has 1 N–H and O–H groups in total. The Balaban J connectivity index is 0.000000352. The fourth-order valence-corrected chi connectivity index (χ4v) is 1.72. The van der Waals surface area contributed by atoms with Crippen LogP contribution in [0.15, 0.2) is 53.0 Å². The van der Waals surface area contributed by atoms with E-state index in [1.165, 1.54) is 6.92 Å². The first-order chi connectivity index (χ1) is 8.09. The molecule has 98 valence electrons. The molecule has 2 nitrogen and oxygen atoms in total. The summed E-state index contributed by atoms with van der Waals surface area (Å²) in [7, 11) is 0. The van der Waals surface area contributed by atoms with Gasteiger partial charge in [-0.25, -0.2) is 24.3 Å². The van der Waals surface area contributed by atoms with Gasteiger partial charge in [0.25, 0.3) is 0 Å². The van der Waals surface area contributed by atoms with Crippen LogP contribution in [0.25, 0.3) is 0 Å². The van der Waals surface area contributed by atoms with Gasteiger partial charge in [-0.3, -0.25) is 4.79 Å². The summed E-state index contributed by atoms with van der Waals surface area (Å²) in [4.78, 5) is 10.6. The van der Waals surface area contributed by atoms with Gasteiger partial charge in [0.1, 0.15) is 0 Å². The van der Waals surface area contributed by atoms with E-state index in [4.69, 9.17) is 0 Å². The van der Waals surface area contributed by atoms with Gasteiger partial charge in [-0.1, -0.05) is 11.4 Å². The minimum absolute atomic E-state index is 0. The van der Waals surface area contributed by atoms with Crippen molar-refractivity contribution in [3.05, 3.63) is 58.6 Å². The number of hydrogen-bond acceptors (Lipinski definition) is 1. The van der Waals surface area contributed by atoms with Crippen LogP contribution >= 0.6 is 15.9 Å². The first-order valence-electron chi connectivity index (χ1n) is 5.45. The maximum atomic E-state index is 10.6. The summed E-state index contributed by atoms with van der Waals surface area (Å²) in [6.07, 6.45) is 0. The largest absolute Gasteiger partial charge is 2.00 e. The number of halogens is 1. The van der Waals surface area contributed by atoms with Crippen molar-refractivity contribution < 1.29 is 21.9 Å². The Kier molecular flexibility index (Phi) is 8.72. The molecule has 1 unspecified atom stereocenters. The second-order valence-electron chi connectivity index (χ2n) is 3.74. The smallest absolute Gasteiger partial charge is 0.361 e. The van der Waals surface area contributed by atoms with Gasteiger partial charge in [0.2, 0.25) is 5.91 Å². The Morgan fingerprint density at radius 3 is 1.89 bits per heavy atom. The monoisotopic (exact) mass is 349 g/mol. The summed E-state index contributed by atoms with van der Waals surface area (Å²) in [5, 5.41) is 2.81. The molecule has 0 fully saturated rings. The third-order valence-corrected chi connectivity index (χ3v) is 2.76. The molecule has 0 aliphatic rings. The molecule has 0 bridgehead atoms. The molecular weight excluding hydrogens is 334 g/mol. The van der Waals surface area contributed by atoms with E-state index in [1.807, 2.05) is 55.5 Å². The molecule has 0 spiro atoms. The third kappa shape index (κ3) is 6.80. The molecule has 1 atom stereocenters. The van der Waals surface area contributed by atoms with Crippen molar-refractivity contribution in [2.75, 3.05) is 0 Å². The summed E-state index contributed by atoms with van der Waals surface area (Å²) < 4.78 is 1.16. The predicted octanol–water partition coefficient (Wildman–Crippen LogP) is 3.77. The second-order valence-corrected chi connectivity index (χ2v) is 4.66. The zero-order valence-electron chi connectivity index (χ0n) is 10.3. The Labute approximate surface area is 127 Å². The molecule has 0 saturated carbocycles. The van der Waals surface area contributed by atoms with Gasteiger partial charge in [0, 0.05) is 13.0 Å². The quantitative estimate of drug-likeness (QED) is 0.649. The third-order valence-electron chi connectivity index (χ3n) is 2.23. The molecule has 0 radical (unpaired) electrons. The zero-order chi connectivity index (χ0) is 12.7. The van der Waals surface area contributed by atoms with Gasteiger partial charge in [0.15, 0.2) is 0 Å². The van der Waals surface area contributed by atoms with E-state index >= 15 is 0 Å². The molecule has 18 heavy (non-hydrogen) atoms. The van der Waals surface area contributed by atoms with Gasteiger partial charge < -0.3 is 5.32 Å². The van der Waals surface area contributed by atoms with E-state index in [2.05, 4.69) is 21.2 Å². The average Bonchev–Trinajstić information content (AvgIpc) is 2.88. The molecule has 4 heteroatoms. The number of rotatable bonds is 2. The Morgan fingerprint density at radius 2 is 1.56 bits per heavy atom. The van der Waals surface area contributed by atoms with E-state index < -0.39 is 0 Å². The van der Waals surface area contributed by atoms with Crippen LogP contribution < -0.4 is 5.32 Å². The molecule has 0 saturated heterocycles. The van der Waals surface area contributed by atoms with Crippen molar-refractivity contribution in [1.29, 1.82) is 0 Å². The van der Waals surface area contributed by atoms with Crippen molar-refractivity contribution in [2.45, 2.75) is 19.9 Å². The van der Waals surface area contributed by atoms with Crippen LogP contribution in [0.5, 0.6) is 0 Å². The normalized spacial score (nSPS) is 10.6. The molecule has 0 heterocycles. The SMILES string of the molecule is Br[c-]1cccc1.CC(=O)NC(C)[c-]1cccc1.[Fe+2]. The van der Waals surface area contributed by atoms with Crippen molar-refractivity contribution in [3.63, 3.8) is 0 Å². The van der Waals surface area contributed by atoms with Gasteiger partial charge in [-0.05, 0) is 0 Å². The van der Waals surface area contributed by atoms with Crippen LogP contribution in [0.2, 0.25) is 0 Å². The molecule has 2 aromatic carbocycles. The Hall–Kier alpha value is -0.831.